The fourth-order valence-electron chi connectivity index (χ4n) is 3.78. The predicted molar refractivity (Wildman–Crippen MR) is 106 cm³/mol. The first-order chi connectivity index (χ1) is 13.2. The lowest BCUT2D eigenvalue weighted by Gasteiger charge is -2.19. The van der Waals surface area contributed by atoms with Gasteiger partial charge in [-0.3, -0.25) is 0 Å². The molecule has 1 saturated heterocycles. The van der Waals surface area contributed by atoms with Gasteiger partial charge in [-0.1, -0.05) is 6.07 Å². The van der Waals surface area contributed by atoms with Gasteiger partial charge < -0.3 is 14.6 Å². The van der Waals surface area contributed by atoms with Crippen LogP contribution in [-0.2, 0) is 13.0 Å². The molecule has 2 aromatic heterocycles. The highest BCUT2D eigenvalue weighted by Crippen LogP contribution is 2.23. The maximum Gasteiger partial charge on any atom is 0.144 e. The van der Waals surface area contributed by atoms with E-state index in [9.17, 15) is 0 Å². The molecule has 0 bridgehead atoms. The molecule has 5 heteroatoms. The standard InChI is InChI=1S/C22H24N4O/c1-16-4-3-10-26(16)11-8-20-13-19-12-17(6-7-21(19)27-20)15-25-22-18(14-23)5-2-9-24-22/h2,5-7,9,12-13,16H,3-4,8,10-11,15H2,1H3,(H,24,25)/t16-/m1/s1. The smallest absolute Gasteiger partial charge is 0.144 e. The van der Waals surface area contributed by atoms with E-state index in [2.05, 4.69) is 46.4 Å². The van der Waals surface area contributed by atoms with Gasteiger partial charge >= 0.3 is 0 Å². The lowest BCUT2D eigenvalue weighted by molar-refractivity contribution is 0.266. The van der Waals surface area contributed by atoms with Crippen LogP contribution < -0.4 is 5.32 Å². The van der Waals surface area contributed by atoms with Crippen LogP contribution in [0.25, 0.3) is 11.0 Å². The molecule has 3 heterocycles. The van der Waals surface area contributed by atoms with E-state index in [0.29, 0.717) is 24.0 Å². The summed E-state index contributed by atoms with van der Waals surface area (Å²) in [5, 5.41) is 13.5. The molecule has 1 aromatic carbocycles. The number of anilines is 1. The second-order valence-corrected chi connectivity index (χ2v) is 7.23. The summed E-state index contributed by atoms with van der Waals surface area (Å²) >= 11 is 0. The van der Waals surface area contributed by atoms with Crippen LogP contribution in [0, 0.1) is 11.3 Å². The van der Waals surface area contributed by atoms with E-state index in [1.54, 1.807) is 18.3 Å². The van der Waals surface area contributed by atoms with Gasteiger partial charge in [0.2, 0.25) is 0 Å². The van der Waals surface area contributed by atoms with Gasteiger partial charge in [-0.15, -0.1) is 0 Å². The van der Waals surface area contributed by atoms with Crippen molar-refractivity contribution in [3.8, 4) is 6.07 Å². The first-order valence-corrected chi connectivity index (χ1v) is 9.57. The van der Waals surface area contributed by atoms with Crippen LogP contribution in [0.15, 0.2) is 47.0 Å². The van der Waals surface area contributed by atoms with Gasteiger partial charge in [0.1, 0.15) is 23.2 Å². The molecule has 0 amide bonds. The maximum atomic E-state index is 9.16. The monoisotopic (exact) mass is 360 g/mol. The maximum absolute atomic E-state index is 9.16. The van der Waals surface area contributed by atoms with Crippen LogP contribution in [0.1, 0.15) is 36.7 Å². The molecule has 4 rings (SSSR count). The highest BCUT2D eigenvalue weighted by Gasteiger charge is 2.20. The zero-order valence-corrected chi connectivity index (χ0v) is 15.6. The number of likely N-dealkylation sites (tertiary alicyclic amines) is 1. The van der Waals surface area contributed by atoms with Crippen LogP contribution in [0.2, 0.25) is 0 Å². The van der Waals surface area contributed by atoms with Crippen molar-refractivity contribution in [1.29, 1.82) is 5.26 Å². The Morgan fingerprint density at radius 2 is 2.26 bits per heavy atom. The molecule has 27 heavy (non-hydrogen) atoms. The van der Waals surface area contributed by atoms with Crippen molar-refractivity contribution in [2.75, 3.05) is 18.4 Å². The molecule has 0 radical (unpaired) electrons. The van der Waals surface area contributed by atoms with Crippen molar-refractivity contribution in [2.24, 2.45) is 0 Å². The molecule has 1 atom stereocenters. The first kappa shape index (κ1) is 17.6. The van der Waals surface area contributed by atoms with E-state index in [-0.39, 0.29) is 0 Å². The van der Waals surface area contributed by atoms with Gasteiger partial charge in [0.05, 0.1) is 5.56 Å². The summed E-state index contributed by atoms with van der Waals surface area (Å²) < 4.78 is 6.01. The number of hydrogen-bond donors (Lipinski definition) is 1. The van der Waals surface area contributed by atoms with E-state index in [0.717, 1.165) is 35.3 Å². The Hall–Kier alpha value is -2.84. The Morgan fingerprint density at radius 1 is 1.33 bits per heavy atom. The van der Waals surface area contributed by atoms with Gasteiger partial charge in [-0.2, -0.15) is 5.26 Å². The number of nitrogens with zero attached hydrogens (tertiary/aromatic N) is 3. The summed E-state index contributed by atoms with van der Waals surface area (Å²) in [6.07, 6.45) is 5.25. The molecule has 0 unspecified atom stereocenters. The number of nitriles is 1. The third kappa shape index (κ3) is 3.96. The zero-order valence-electron chi connectivity index (χ0n) is 15.6. The Bertz CT molecular complexity index is 972. The van der Waals surface area contributed by atoms with E-state index in [1.807, 2.05) is 6.07 Å². The predicted octanol–water partition coefficient (Wildman–Crippen LogP) is 4.34. The second-order valence-electron chi connectivity index (χ2n) is 7.23. The third-order valence-corrected chi connectivity index (χ3v) is 5.36. The largest absolute Gasteiger partial charge is 0.461 e. The fraction of sp³-hybridized carbons (Fsp3) is 0.364. The number of pyridine rings is 1. The molecular weight excluding hydrogens is 336 g/mol. The number of hydrogen-bond acceptors (Lipinski definition) is 5. The molecule has 138 valence electrons. The molecule has 1 fully saturated rings. The van der Waals surface area contributed by atoms with Gasteiger partial charge in [-0.25, -0.2) is 4.98 Å². The van der Waals surface area contributed by atoms with Crippen molar-refractivity contribution in [2.45, 2.75) is 38.8 Å². The Labute approximate surface area is 159 Å². The molecule has 3 aromatic rings. The van der Waals surface area contributed by atoms with Gasteiger partial charge in [0.15, 0.2) is 0 Å². The number of fused-ring (bicyclic) bond motifs is 1. The normalized spacial score (nSPS) is 17.3. The highest BCUT2D eigenvalue weighted by molar-refractivity contribution is 5.78. The molecule has 0 saturated carbocycles. The topological polar surface area (TPSA) is 65.1 Å². The number of rotatable bonds is 6. The number of benzene rings is 1. The minimum absolute atomic E-state index is 0.556. The molecule has 0 spiro atoms. The fourth-order valence-corrected chi connectivity index (χ4v) is 3.78. The van der Waals surface area contributed by atoms with Gasteiger partial charge in [-0.05, 0) is 62.2 Å². The number of furan rings is 1. The average molecular weight is 360 g/mol. The summed E-state index contributed by atoms with van der Waals surface area (Å²) in [6.45, 7) is 5.19. The van der Waals surface area contributed by atoms with Crippen LogP contribution >= 0.6 is 0 Å². The van der Waals surface area contributed by atoms with Gasteiger partial charge in [0, 0.05) is 37.1 Å². The van der Waals surface area contributed by atoms with Crippen molar-refractivity contribution in [1.82, 2.24) is 9.88 Å². The van der Waals surface area contributed by atoms with Crippen molar-refractivity contribution < 1.29 is 4.42 Å². The minimum Gasteiger partial charge on any atom is -0.461 e. The van der Waals surface area contributed by atoms with Crippen molar-refractivity contribution in [3.63, 3.8) is 0 Å². The highest BCUT2D eigenvalue weighted by atomic mass is 16.3. The Kier molecular flexibility index (Phi) is 5.08. The SMILES string of the molecule is C[C@@H]1CCCN1CCc1cc2cc(CNc3ncccc3C#N)ccc2o1. The van der Waals surface area contributed by atoms with E-state index in [1.165, 1.54) is 19.4 Å². The number of aromatic nitrogens is 1. The molecule has 1 aliphatic rings. The summed E-state index contributed by atoms with van der Waals surface area (Å²) in [4.78, 5) is 6.79. The second kappa shape index (κ2) is 7.81. The summed E-state index contributed by atoms with van der Waals surface area (Å²) in [5.74, 6) is 1.67. The van der Waals surface area contributed by atoms with Crippen molar-refractivity contribution in [3.05, 3.63) is 59.5 Å². The van der Waals surface area contributed by atoms with Crippen LogP contribution in [0.3, 0.4) is 0 Å². The quantitative estimate of drug-likeness (QED) is 0.708. The van der Waals surface area contributed by atoms with Crippen LogP contribution in [0.5, 0.6) is 0 Å². The average Bonchev–Trinajstić information content (AvgIpc) is 3.29. The third-order valence-electron chi connectivity index (χ3n) is 5.36. The molecule has 1 aliphatic heterocycles. The van der Waals surface area contributed by atoms with Crippen LogP contribution in [0.4, 0.5) is 5.82 Å². The van der Waals surface area contributed by atoms with Crippen molar-refractivity contribution >= 4 is 16.8 Å². The lowest BCUT2D eigenvalue weighted by atomic mass is 10.1. The van der Waals surface area contributed by atoms with E-state index in [4.69, 9.17) is 9.68 Å². The molecule has 5 nitrogen and oxygen atoms in total. The first-order valence-electron chi connectivity index (χ1n) is 9.57. The van der Waals surface area contributed by atoms with E-state index >= 15 is 0 Å². The Morgan fingerprint density at radius 3 is 3.07 bits per heavy atom. The van der Waals surface area contributed by atoms with Gasteiger partial charge in [0.25, 0.3) is 0 Å². The number of nitrogens with one attached hydrogen (secondary N) is 1. The zero-order chi connectivity index (χ0) is 18.6. The van der Waals surface area contributed by atoms with Crippen LogP contribution in [-0.4, -0.2) is 29.0 Å². The molecular formula is C22H24N4O. The molecule has 1 N–H and O–H groups in total. The summed E-state index contributed by atoms with van der Waals surface area (Å²) in [5.41, 5.74) is 2.62. The summed E-state index contributed by atoms with van der Waals surface area (Å²) in [7, 11) is 0. The van der Waals surface area contributed by atoms with E-state index < -0.39 is 0 Å². The summed E-state index contributed by atoms with van der Waals surface area (Å²) in [6, 6.07) is 14.8. The molecule has 0 aliphatic carbocycles. The Balaban J connectivity index is 1.42. The lowest BCUT2D eigenvalue weighted by Crippen LogP contribution is -2.28. The minimum atomic E-state index is 0.556.